The van der Waals surface area contributed by atoms with E-state index >= 15 is 0 Å². The lowest BCUT2D eigenvalue weighted by Crippen LogP contribution is -2.24. The fourth-order valence-corrected chi connectivity index (χ4v) is 2.95. The van der Waals surface area contributed by atoms with E-state index in [0.29, 0.717) is 24.3 Å². The van der Waals surface area contributed by atoms with Crippen molar-refractivity contribution in [1.82, 2.24) is 14.9 Å². The van der Waals surface area contributed by atoms with Crippen LogP contribution in [0.15, 0.2) is 53.3 Å². The van der Waals surface area contributed by atoms with Crippen LogP contribution < -0.4 is 10.9 Å². The van der Waals surface area contributed by atoms with Gasteiger partial charge in [-0.3, -0.25) is 9.59 Å². The van der Waals surface area contributed by atoms with Crippen molar-refractivity contribution in [3.8, 4) is 11.3 Å². The lowest BCUT2D eigenvalue weighted by atomic mass is 10.1. The van der Waals surface area contributed by atoms with Gasteiger partial charge in [-0.2, -0.15) is 0 Å². The summed E-state index contributed by atoms with van der Waals surface area (Å²) in [5.41, 5.74) is 3.25. The van der Waals surface area contributed by atoms with Gasteiger partial charge in [0.25, 0.3) is 11.5 Å². The Balaban J connectivity index is 2.04. The molecule has 3 aromatic rings. The van der Waals surface area contributed by atoms with Crippen molar-refractivity contribution in [3.05, 3.63) is 64.4 Å². The number of para-hydroxylation sites is 2. The van der Waals surface area contributed by atoms with Crippen LogP contribution in [0, 0.1) is 0 Å². The minimum Gasteiger partial charge on any atom is -0.352 e. The number of fused-ring (bicyclic) bond motifs is 1. The highest BCUT2D eigenvalue weighted by molar-refractivity contribution is 5.94. The Labute approximate surface area is 152 Å². The summed E-state index contributed by atoms with van der Waals surface area (Å²) < 4.78 is 1.78. The van der Waals surface area contributed by atoms with E-state index in [1.165, 1.54) is 0 Å². The van der Waals surface area contributed by atoms with E-state index in [0.717, 1.165) is 29.4 Å². The molecular formula is C21H23N3O2. The quantitative estimate of drug-likeness (QED) is 0.739. The monoisotopic (exact) mass is 349 g/mol. The number of aromatic nitrogens is 2. The van der Waals surface area contributed by atoms with E-state index < -0.39 is 0 Å². The Morgan fingerprint density at radius 3 is 2.46 bits per heavy atom. The zero-order valence-corrected chi connectivity index (χ0v) is 15.2. The summed E-state index contributed by atoms with van der Waals surface area (Å²) in [7, 11) is 0. The molecule has 0 aliphatic heterocycles. The van der Waals surface area contributed by atoms with Crippen LogP contribution in [0.2, 0.25) is 0 Å². The average molecular weight is 349 g/mol. The number of nitrogens with one attached hydrogen (secondary N) is 1. The molecule has 134 valence electrons. The molecule has 3 rings (SSSR count). The van der Waals surface area contributed by atoms with Gasteiger partial charge in [-0.25, -0.2) is 4.98 Å². The average Bonchev–Trinajstić information content (AvgIpc) is 2.68. The number of hydrogen-bond donors (Lipinski definition) is 1. The van der Waals surface area contributed by atoms with Gasteiger partial charge in [-0.15, -0.1) is 0 Å². The molecule has 0 unspecified atom stereocenters. The summed E-state index contributed by atoms with van der Waals surface area (Å²) in [6.07, 6.45) is 1.76. The molecule has 1 aromatic heterocycles. The van der Waals surface area contributed by atoms with Gasteiger partial charge in [0.05, 0.1) is 11.0 Å². The van der Waals surface area contributed by atoms with E-state index in [-0.39, 0.29) is 11.5 Å². The molecule has 1 heterocycles. The summed E-state index contributed by atoms with van der Waals surface area (Å²) in [6.45, 7) is 5.35. The highest BCUT2D eigenvalue weighted by Crippen LogP contribution is 2.18. The van der Waals surface area contributed by atoms with E-state index in [9.17, 15) is 9.59 Å². The van der Waals surface area contributed by atoms with Crippen molar-refractivity contribution in [1.29, 1.82) is 0 Å². The van der Waals surface area contributed by atoms with Crippen LogP contribution in [0.5, 0.6) is 0 Å². The maximum Gasteiger partial charge on any atom is 0.277 e. The second-order valence-electron chi connectivity index (χ2n) is 6.24. The molecule has 2 aromatic carbocycles. The first kappa shape index (κ1) is 17.9. The molecule has 5 heteroatoms. The molecule has 26 heavy (non-hydrogen) atoms. The minimum atomic E-state index is -0.103. The first-order valence-electron chi connectivity index (χ1n) is 9.04. The van der Waals surface area contributed by atoms with E-state index in [1.807, 2.05) is 38.1 Å². The van der Waals surface area contributed by atoms with Gasteiger partial charge in [0.15, 0.2) is 0 Å². The minimum absolute atomic E-state index is 0.103. The van der Waals surface area contributed by atoms with Gasteiger partial charge < -0.3 is 9.88 Å². The summed E-state index contributed by atoms with van der Waals surface area (Å²) in [4.78, 5) is 29.6. The Hall–Kier alpha value is -2.95. The molecule has 0 saturated heterocycles. The summed E-state index contributed by atoms with van der Waals surface area (Å²) >= 11 is 0. The fourth-order valence-electron chi connectivity index (χ4n) is 2.95. The van der Waals surface area contributed by atoms with Gasteiger partial charge in [-0.1, -0.05) is 38.1 Å². The zero-order chi connectivity index (χ0) is 18.5. The number of nitrogens with zero attached hydrogens (tertiary/aromatic N) is 2. The third-order valence-corrected chi connectivity index (χ3v) is 4.26. The smallest absolute Gasteiger partial charge is 0.277 e. The van der Waals surface area contributed by atoms with Crippen LogP contribution in [0.25, 0.3) is 22.3 Å². The lowest BCUT2D eigenvalue weighted by molar-refractivity contribution is 0.0953. The normalized spacial score (nSPS) is 10.8. The number of carbonyl (C=O) groups excluding carboxylic acids is 1. The van der Waals surface area contributed by atoms with Crippen LogP contribution in [-0.2, 0) is 6.54 Å². The summed E-state index contributed by atoms with van der Waals surface area (Å²) in [6, 6.07) is 14.7. The van der Waals surface area contributed by atoms with Gasteiger partial charge in [0.2, 0.25) is 0 Å². The Morgan fingerprint density at radius 2 is 1.77 bits per heavy atom. The van der Waals surface area contributed by atoms with Crippen LogP contribution in [0.4, 0.5) is 0 Å². The van der Waals surface area contributed by atoms with Crippen molar-refractivity contribution < 1.29 is 4.79 Å². The van der Waals surface area contributed by atoms with Crippen molar-refractivity contribution >= 4 is 16.9 Å². The number of aryl methyl sites for hydroxylation is 1. The van der Waals surface area contributed by atoms with Crippen molar-refractivity contribution in [2.45, 2.75) is 33.2 Å². The third-order valence-electron chi connectivity index (χ3n) is 4.26. The van der Waals surface area contributed by atoms with Gasteiger partial charge in [0, 0.05) is 24.2 Å². The van der Waals surface area contributed by atoms with Crippen molar-refractivity contribution in [2.75, 3.05) is 6.54 Å². The highest BCUT2D eigenvalue weighted by Gasteiger charge is 2.13. The second kappa shape index (κ2) is 7.95. The molecular weight excluding hydrogens is 326 g/mol. The van der Waals surface area contributed by atoms with Crippen molar-refractivity contribution in [2.24, 2.45) is 0 Å². The van der Waals surface area contributed by atoms with Gasteiger partial charge >= 0.3 is 0 Å². The maximum absolute atomic E-state index is 13.0. The molecule has 0 aliphatic rings. The molecule has 0 spiro atoms. The highest BCUT2D eigenvalue weighted by atomic mass is 16.1. The topological polar surface area (TPSA) is 64.0 Å². The number of rotatable bonds is 6. The summed E-state index contributed by atoms with van der Waals surface area (Å²) in [5.74, 6) is -0.103. The molecule has 0 fully saturated rings. The molecule has 1 amide bonds. The van der Waals surface area contributed by atoms with Crippen molar-refractivity contribution in [3.63, 3.8) is 0 Å². The predicted octanol–water partition coefficient (Wildman–Crippen LogP) is 3.61. The first-order valence-corrected chi connectivity index (χ1v) is 9.04. The third kappa shape index (κ3) is 3.52. The number of benzene rings is 2. The first-order chi connectivity index (χ1) is 12.7. The Morgan fingerprint density at radius 1 is 1.04 bits per heavy atom. The largest absolute Gasteiger partial charge is 0.352 e. The molecule has 0 bridgehead atoms. The Kier molecular flexibility index (Phi) is 5.46. The van der Waals surface area contributed by atoms with E-state index in [1.54, 1.807) is 28.8 Å². The fraction of sp³-hybridized carbons (Fsp3) is 0.286. The lowest BCUT2D eigenvalue weighted by Gasteiger charge is -2.11. The van der Waals surface area contributed by atoms with Crippen LogP contribution >= 0.6 is 0 Å². The Bertz CT molecular complexity index is 975. The predicted molar refractivity (Wildman–Crippen MR) is 104 cm³/mol. The van der Waals surface area contributed by atoms with Gasteiger partial charge in [-0.05, 0) is 37.1 Å². The number of amides is 1. The number of hydrogen-bond acceptors (Lipinski definition) is 3. The van der Waals surface area contributed by atoms with Crippen LogP contribution in [0.3, 0.4) is 0 Å². The maximum atomic E-state index is 13.0. The molecule has 0 radical (unpaired) electrons. The molecule has 0 saturated carbocycles. The number of carbonyl (C=O) groups is 1. The zero-order valence-electron chi connectivity index (χ0n) is 15.2. The molecule has 1 N–H and O–H groups in total. The molecule has 0 atom stereocenters. The van der Waals surface area contributed by atoms with Gasteiger partial charge in [0.1, 0.15) is 5.69 Å². The SMILES string of the molecule is CCCNC(=O)c1ccc(-c2nc3ccccc3n(CCC)c2=O)cc1. The van der Waals surface area contributed by atoms with Crippen LogP contribution in [-0.4, -0.2) is 22.0 Å². The van der Waals surface area contributed by atoms with Crippen LogP contribution in [0.1, 0.15) is 37.0 Å². The standard InChI is InChI=1S/C21H23N3O2/c1-3-13-22-20(25)16-11-9-15(10-12-16)19-21(26)24(14-4-2)18-8-6-5-7-17(18)23-19/h5-12H,3-4,13-14H2,1-2H3,(H,22,25). The summed E-state index contributed by atoms with van der Waals surface area (Å²) in [5, 5.41) is 2.85. The molecule has 5 nitrogen and oxygen atoms in total. The van der Waals surface area contributed by atoms with E-state index in [4.69, 9.17) is 0 Å². The van der Waals surface area contributed by atoms with E-state index in [2.05, 4.69) is 10.3 Å². The second-order valence-corrected chi connectivity index (χ2v) is 6.24. The molecule has 0 aliphatic carbocycles.